The van der Waals surface area contributed by atoms with E-state index in [1.807, 2.05) is 43.8 Å². The van der Waals surface area contributed by atoms with E-state index in [0.717, 1.165) is 5.52 Å². The van der Waals surface area contributed by atoms with Crippen LogP contribution in [0, 0.1) is 6.92 Å². The summed E-state index contributed by atoms with van der Waals surface area (Å²) in [6.45, 7) is 2.12. The van der Waals surface area contributed by atoms with Crippen molar-refractivity contribution in [3.8, 4) is 0 Å². The van der Waals surface area contributed by atoms with Crippen molar-refractivity contribution >= 4 is 10.9 Å². The molecule has 3 nitrogen and oxygen atoms in total. The van der Waals surface area contributed by atoms with Crippen LogP contribution < -0.4 is 5.32 Å². The van der Waals surface area contributed by atoms with Crippen LogP contribution >= 0.6 is 0 Å². The van der Waals surface area contributed by atoms with Gasteiger partial charge in [-0.2, -0.15) is 0 Å². The quantitative estimate of drug-likeness (QED) is 0.788. The lowest BCUT2D eigenvalue weighted by molar-refractivity contribution is 0.689. The average Bonchev–Trinajstić information content (AvgIpc) is 2.50. The number of aromatic nitrogens is 2. The number of hydrogen-bond donors (Lipinski definition) is 1. The molecule has 0 radical (unpaired) electrons. The van der Waals surface area contributed by atoms with Gasteiger partial charge in [-0.15, -0.1) is 0 Å². The molecule has 3 rings (SSSR count). The van der Waals surface area contributed by atoms with Gasteiger partial charge in [-0.05, 0) is 48.9 Å². The van der Waals surface area contributed by atoms with Gasteiger partial charge in [0.25, 0.3) is 0 Å². The van der Waals surface area contributed by atoms with Gasteiger partial charge in [-0.3, -0.25) is 9.97 Å². The summed E-state index contributed by atoms with van der Waals surface area (Å²) in [6.07, 6.45) is 5.59. The van der Waals surface area contributed by atoms with E-state index in [1.165, 1.54) is 22.1 Å². The third kappa shape index (κ3) is 2.17. The van der Waals surface area contributed by atoms with Crippen molar-refractivity contribution < 1.29 is 0 Å². The molecule has 0 bridgehead atoms. The number of rotatable bonds is 3. The Morgan fingerprint density at radius 1 is 1.00 bits per heavy atom. The van der Waals surface area contributed by atoms with Gasteiger partial charge in [0.2, 0.25) is 0 Å². The van der Waals surface area contributed by atoms with Crippen LogP contribution in [0.3, 0.4) is 0 Å². The summed E-state index contributed by atoms with van der Waals surface area (Å²) >= 11 is 0. The zero-order valence-corrected chi connectivity index (χ0v) is 11.7. The van der Waals surface area contributed by atoms with Crippen molar-refractivity contribution in [1.82, 2.24) is 15.3 Å². The van der Waals surface area contributed by atoms with Gasteiger partial charge in [-0.25, -0.2) is 0 Å². The first-order chi connectivity index (χ1) is 9.81. The minimum atomic E-state index is 0.122. The summed E-state index contributed by atoms with van der Waals surface area (Å²) in [4.78, 5) is 8.70. The Balaban J connectivity index is 2.20. The number of nitrogens with zero attached hydrogens (tertiary/aromatic N) is 2. The number of aryl methyl sites for hydroxylation is 1. The predicted octanol–water partition coefficient (Wildman–Crippen LogP) is 3.25. The fourth-order valence-electron chi connectivity index (χ4n) is 2.64. The summed E-state index contributed by atoms with van der Waals surface area (Å²) in [6, 6.07) is 12.5. The Hall–Kier alpha value is -2.26. The lowest BCUT2D eigenvalue weighted by Gasteiger charge is -2.20. The number of fused-ring (bicyclic) bond motifs is 1. The van der Waals surface area contributed by atoms with E-state index >= 15 is 0 Å². The molecule has 1 N–H and O–H groups in total. The zero-order chi connectivity index (χ0) is 13.9. The zero-order valence-electron chi connectivity index (χ0n) is 11.7. The molecule has 0 fully saturated rings. The summed E-state index contributed by atoms with van der Waals surface area (Å²) in [7, 11) is 1.98. The highest BCUT2D eigenvalue weighted by Gasteiger charge is 2.16. The van der Waals surface area contributed by atoms with Crippen LogP contribution in [0.25, 0.3) is 10.9 Å². The van der Waals surface area contributed by atoms with Crippen LogP contribution in [-0.4, -0.2) is 17.0 Å². The van der Waals surface area contributed by atoms with Crippen molar-refractivity contribution in [2.45, 2.75) is 13.0 Å². The number of benzene rings is 1. The average molecular weight is 263 g/mol. The standard InChI is InChI=1S/C17H17N3/c1-12-8-10-19-11-15(12)17(18-2)14-5-3-7-16-13(14)6-4-9-20-16/h3-11,17-18H,1-2H3. The Bertz CT molecular complexity index is 732. The van der Waals surface area contributed by atoms with Gasteiger partial charge in [-0.1, -0.05) is 18.2 Å². The molecule has 2 heterocycles. The summed E-state index contributed by atoms with van der Waals surface area (Å²) in [5, 5.41) is 4.58. The summed E-state index contributed by atoms with van der Waals surface area (Å²) in [5.74, 6) is 0. The third-order valence-corrected chi connectivity index (χ3v) is 3.67. The molecule has 0 aliphatic heterocycles. The molecule has 1 atom stereocenters. The molecule has 0 aliphatic rings. The highest BCUT2D eigenvalue weighted by Crippen LogP contribution is 2.29. The maximum Gasteiger partial charge on any atom is 0.0705 e. The van der Waals surface area contributed by atoms with E-state index in [9.17, 15) is 0 Å². The van der Waals surface area contributed by atoms with Gasteiger partial charge < -0.3 is 5.32 Å². The van der Waals surface area contributed by atoms with Crippen LogP contribution in [0.1, 0.15) is 22.7 Å². The highest BCUT2D eigenvalue weighted by atomic mass is 14.9. The van der Waals surface area contributed by atoms with E-state index in [1.54, 1.807) is 0 Å². The Morgan fingerprint density at radius 3 is 2.70 bits per heavy atom. The van der Waals surface area contributed by atoms with E-state index in [-0.39, 0.29) is 6.04 Å². The van der Waals surface area contributed by atoms with E-state index in [4.69, 9.17) is 0 Å². The number of pyridine rings is 2. The topological polar surface area (TPSA) is 37.8 Å². The van der Waals surface area contributed by atoms with Crippen molar-refractivity contribution in [1.29, 1.82) is 0 Å². The maximum atomic E-state index is 4.43. The molecule has 0 spiro atoms. The molecule has 0 amide bonds. The number of hydrogen-bond acceptors (Lipinski definition) is 3. The second kappa shape index (κ2) is 5.39. The van der Waals surface area contributed by atoms with Crippen LogP contribution in [0.15, 0.2) is 55.0 Å². The molecule has 3 heteroatoms. The molecule has 2 aromatic heterocycles. The lowest BCUT2D eigenvalue weighted by atomic mass is 9.94. The molecule has 100 valence electrons. The summed E-state index contributed by atoms with van der Waals surface area (Å²) in [5.41, 5.74) is 4.69. The predicted molar refractivity (Wildman–Crippen MR) is 81.6 cm³/mol. The van der Waals surface area contributed by atoms with Gasteiger partial charge in [0, 0.05) is 24.0 Å². The second-order valence-electron chi connectivity index (χ2n) is 4.87. The molecular formula is C17H17N3. The first-order valence-electron chi connectivity index (χ1n) is 6.72. The Labute approximate surface area is 118 Å². The van der Waals surface area contributed by atoms with Crippen LogP contribution in [0.4, 0.5) is 0 Å². The van der Waals surface area contributed by atoms with Crippen molar-refractivity contribution in [2.24, 2.45) is 0 Å². The van der Waals surface area contributed by atoms with Crippen LogP contribution in [-0.2, 0) is 0 Å². The number of nitrogens with one attached hydrogen (secondary N) is 1. The Morgan fingerprint density at radius 2 is 1.90 bits per heavy atom. The van der Waals surface area contributed by atoms with Crippen molar-refractivity contribution in [2.75, 3.05) is 7.05 Å². The van der Waals surface area contributed by atoms with Crippen molar-refractivity contribution in [3.63, 3.8) is 0 Å². The van der Waals surface area contributed by atoms with Gasteiger partial charge in [0.1, 0.15) is 0 Å². The molecule has 1 aromatic carbocycles. The van der Waals surface area contributed by atoms with Crippen LogP contribution in [0.5, 0.6) is 0 Å². The van der Waals surface area contributed by atoms with Gasteiger partial charge in [0.05, 0.1) is 11.6 Å². The van der Waals surface area contributed by atoms with Gasteiger partial charge in [0.15, 0.2) is 0 Å². The SMILES string of the molecule is CNC(c1cnccc1C)c1cccc2ncccc12. The smallest absolute Gasteiger partial charge is 0.0705 e. The van der Waals surface area contributed by atoms with Gasteiger partial charge >= 0.3 is 0 Å². The molecule has 3 aromatic rings. The highest BCUT2D eigenvalue weighted by molar-refractivity contribution is 5.83. The largest absolute Gasteiger partial charge is 0.309 e. The molecule has 1 unspecified atom stereocenters. The van der Waals surface area contributed by atoms with Crippen LogP contribution in [0.2, 0.25) is 0 Å². The first kappa shape index (κ1) is 12.8. The fourth-order valence-corrected chi connectivity index (χ4v) is 2.64. The third-order valence-electron chi connectivity index (χ3n) is 3.67. The monoisotopic (exact) mass is 263 g/mol. The maximum absolute atomic E-state index is 4.43. The molecule has 0 saturated carbocycles. The first-order valence-corrected chi connectivity index (χ1v) is 6.72. The van der Waals surface area contributed by atoms with E-state index in [0.29, 0.717) is 0 Å². The van der Waals surface area contributed by atoms with E-state index < -0.39 is 0 Å². The normalized spacial score (nSPS) is 12.5. The molecular weight excluding hydrogens is 246 g/mol. The fraction of sp³-hybridized carbons (Fsp3) is 0.176. The van der Waals surface area contributed by atoms with Crippen molar-refractivity contribution in [3.05, 3.63) is 71.7 Å². The second-order valence-corrected chi connectivity index (χ2v) is 4.87. The molecule has 20 heavy (non-hydrogen) atoms. The van der Waals surface area contributed by atoms with E-state index in [2.05, 4.69) is 40.4 Å². The summed E-state index contributed by atoms with van der Waals surface area (Å²) < 4.78 is 0. The Kier molecular flexibility index (Phi) is 3.44. The molecule has 0 saturated heterocycles. The molecule has 0 aliphatic carbocycles. The minimum Gasteiger partial charge on any atom is -0.309 e. The minimum absolute atomic E-state index is 0.122. The lowest BCUT2D eigenvalue weighted by Crippen LogP contribution is -2.19.